The van der Waals surface area contributed by atoms with E-state index in [0.29, 0.717) is 24.7 Å². The zero-order chi connectivity index (χ0) is 10.3. The average molecular weight is 185 g/mol. The van der Waals surface area contributed by atoms with E-state index >= 15 is 0 Å². The van der Waals surface area contributed by atoms with Crippen molar-refractivity contribution >= 4 is 5.78 Å². The Kier molecular flexibility index (Phi) is 6.87. The summed E-state index contributed by atoms with van der Waals surface area (Å²) in [6.45, 7) is 6.78. The second-order valence-corrected chi connectivity index (χ2v) is 4.01. The molecule has 0 heterocycles. The van der Waals surface area contributed by atoms with E-state index in [-0.39, 0.29) is 5.92 Å². The van der Waals surface area contributed by atoms with E-state index in [4.69, 9.17) is 5.73 Å². The Balaban J connectivity index is 3.78. The molecule has 0 aliphatic carbocycles. The highest BCUT2D eigenvalue weighted by Crippen LogP contribution is 2.14. The third kappa shape index (κ3) is 5.04. The number of unbranched alkanes of at least 4 members (excludes halogenated alkanes) is 2. The van der Waals surface area contributed by atoms with Crippen LogP contribution in [-0.4, -0.2) is 12.3 Å². The molecule has 0 saturated heterocycles. The Morgan fingerprint density at radius 3 is 2.31 bits per heavy atom. The van der Waals surface area contributed by atoms with Crippen molar-refractivity contribution in [2.45, 2.75) is 46.5 Å². The average Bonchev–Trinajstić information content (AvgIpc) is 2.05. The minimum Gasteiger partial charge on any atom is -0.330 e. The quantitative estimate of drug-likeness (QED) is 0.619. The molecule has 0 spiro atoms. The van der Waals surface area contributed by atoms with Crippen LogP contribution in [0, 0.1) is 11.8 Å². The van der Waals surface area contributed by atoms with Gasteiger partial charge in [0.2, 0.25) is 0 Å². The highest BCUT2D eigenvalue weighted by molar-refractivity contribution is 5.81. The summed E-state index contributed by atoms with van der Waals surface area (Å²) < 4.78 is 0. The summed E-state index contributed by atoms with van der Waals surface area (Å²) in [5.74, 6) is 0.821. The lowest BCUT2D eigenvalue weighted by Gasteiger charge is -2.16. The monoisotopic (exact) mass is 185 g/mol. The van der Waals surface area contributed by atoms with Gasteiger partial charge in [-0.15, -0.1) is 0 Å². The number of rotatable bonds is 7. The molecule has 0 aromatic rings. The number of carbonyl (C=O) groups is 1. The van der Waals surface area contributed by atoms with E-state index < -0.39 is 0 Å². The molecule has 0 saturated carbocycles. The van der Waals surface area contributed by atoms with Gasteiger partial charge in [0.25, 0.3) is 0 Å². The summed E-state index contributed by atoms with van der Waals surface area (Å²) in [5.41, 5.74) is 5.56. The summed E-state index contributed by atoms with van der Waals surface area (Å²) in [5, 5.41) is 0. The van der Waals surface area contributed by atoms with Gasteiger partial charge in [0.15, 0.2) is 0 Å². The van der Waals surface area contributed by atoms with Gasteiger partial charge in [-0.3, -0.25) is 4.79 Å². The number of Topliss-reactive ketones (excluding diaryl/α,β-unsaturated/α-hetero) is 1. The molecule has 1 unspecified atom stereocenters. The second kappa shape index (κ2) is 7.07. The Morgan fingerprint density at radius 1 is 1.31 bits per heavy atom. The van der Waals surface area contributed by atoms with Gasteiger partial charge in [-0.2, -0.15) is 0 Å². The van der Waals surface area contributed by atoms with Crippen molar-refractivity contribution in [1.29, 1.82) is 0 Å². The molecule has 0 aromatic heterocycles. The second-order valence-electron chi connectivity index (χ2n) is 4.01. The van der Waals surface area contributed by atoms with Crippen LogP contribution in [0.25, 0.3) is 0 Å². The molecule has 2 N–H and O–H groups in total. The third-order valence-corrected chi connectivity index (χ3v) is 2.50. The van der Waals surface area contributed by atoms with Gasteiger partial charge in [-0.25, -0.2) is 0 Å². The van der Waals surface area contributed by atoms with Crippen LogP contribution in [0.2, 0.25) is 0 Å². The lowest BCUT2D eigenvalue weighted by molar-refractivity contribution is -0.123. The van der Waals surface area contributed by atoms with Crippen molar-refractivity contribution in [2.24, 2.45) is 17.6 Å². The molecule has 0 aliphatic heterocycles. The van der Waals surface area contributed by atoms with Crippen molar-refractivity contribution in [3.05, 3.63) is 0 Å². The summed E-state index contributed by atoms with van der Waals surface area (Å²) in [6.07, 6.45) is 4.07. The summed E-state index contributed by atoms with van der Waals surface area (Å²) in [6, 6.07) is 0. The maximum absolute atomic E-state index is 11.6. The van der Waals surface area contributed by atoms with E-state index in [1.165, 1.54) is 6.42 Å². The predicted molar refractivity (Wildman–Crippen MR) is 56.5 cm³/mol. The first-order valence-corrected chi connectivity index (χ1v) is 5.36. The number of ketones is 1. The molecule has 2 heteroatoms. The normalized spacial score (nSPS) is 13.3. The molecule has 0 bridgehead atoms. The van der Waals surface area contributed by atoms with E-state index in [0.717, 1.165) is 12.8 Å². The standard InChI is InChI=1S/C11H23NO/c1-4-5-6-7-11(13)10(8-12)9(2)3/h9-10H,4-8,12H2,1-3H3. The largest absolute Gasteiger partial charge is 0.330 e. The molecule has 0 aromatic carbocycles. The zero-order valence-electron chi connectivity index (χ0n) is 9.18. The van der Waals surface area contributed by atoms with E-state index in [9.17, 15) is 4.79 Å². The van der Waals surface area contributed by atoms with Gasteiger partial charge in [-0.05, 0) is 12.3 Å². The van der Waals surface area contributed by atoms with Gasteiger partial charge < -0.3 is 5.73 Å². The molecule has 0 aliphatic rings. The summed E-state index contributed by atoms with van der Waals surface area (Å²) in [4.78, 5) is 11.6. The minimum atomic E-state index is 0.0804. The lowest BCUT2D eigenvalue weighted by Crippen LogP contribution is -2.28. The molecule has 0 radical (unpaired) electrons. The fraction of sp³-hybridized carbons (Fsp3) is 0.909. The molecule has 0 fully saturated rings. The zero-order valence-corrected chi connectivity index (χ0v) is 9.18. The minimum absolute atomic E-state index is 0.0804. The van der Waals surface area contributed by atoms with Gasteiger partial charge >= 0.3 is 0 Å². The number of carbonyl (C=O) groups excluding carboxylic acids is 1. The number of nitrogens with two attached hydrogens (primary N) is 1. The molecule has 2 nitrogen and oxygen atoms in total. The first-order chi connectivity index (χ1) is 6.13. The van der Waals surface area contributed by atoms with Crippen LogP contribution in [0.3, 0.4) is 0 Å². The van der Waals surface area contributed by atoms with Gasteiger partial charge in [0.1, 0.15) is 5.78 Å². The Hall–Kier alpha value is -0.370. The first kappa shape index (κ1) is 12.6. The number of hydrogen-bond acceptors (Lipinski definition) is 2. The fourth-order valence-corrected chi connectivity index (χ4v) is 1.51. The Labute approximate surface area is 81.9 Å². The Morgan fingerprint density at radius 2 is 1.92 bits per heavy atom. The molecule has 0 rings (SSSR count). The molecular weight excluding hydrogens is 162 g/mol. The first-order valence-electron chi connectivity index (χ1n) is 5.36. The van der Waals surface area contributed by atoms with Crippen LogP contribution >= 0.6 is 0 Å². The maximum Gasteiger partial charge on any atom is 0.137 e. The van der Waals surface area contributed by atoms with Crippen molar-refractivity contribution in [1.82, 2.24) is 0 Å². The van der Waals surface area contributed by atoms with Crippen LogP contribution in [0.15, 0.2) is 0 Å². The van der Waals surface area contributed by atoms with Gasteiger partial charge in [0, 0.05) is 18.9 Å². The van der Waals surface area contributed by atoms with Crippen molar-refractivity contribution < 1.29 is 4.79 Å². The third-order valence-electron chi connectivity index (χ3n) is 2.50. The SMILES string of the molecule is CCCCCC(=O)C(CN)C(C)C. The van der Waals surface area contributed by atoms with E-state index in [1.807, 2.05) is 0 Å². The molecular formula is C11H23NO. The number of hydrogen-bond donors (Lipinski definition) is 1. The van der Waals surface area contributed by atoms with Crippen LogP contribution in [0.4, 0.5) is 0 Å². The topological polar surface area (TPSA) is 43.1 Å². The van der Waals surface area contributed by atoms with Gasteiger partial charge in [0.05, 0.1) is 0 Å². The predicted octanol–water partition coefficient (Wildman–Crippen LogP) is 2.37. The molecule has 0 amide bonds. The molecule has 78 valence electrons. The van der Waals surface area contributed by atoms with Crippen molar-refractivity contribution in [3.63, 3.8) is 0 Å². The molecule has 1 atom stereocenters. The smallest absolute Gasteiger partial charge is 0.137 e. The molecule has 13 heavy (non-hydrogen) atoms. The lowest BCUT2D eigenvalue weighted by atomic mass is 9.89. The van der Waals surface area contributed by atoms with E-state index in [1.54, 1.807) is 0 Å². The van der Waals surface area contributed by atoms with Crippen LogP contribution in [-0.2, 0) is 4.79 Å². The highest BCUT2D eigenvalue weighted by Gasteiger charge is 2.19. The van der Waals surface area contributed by atoms with Crippen LogP contribution < -0.4 is 5.73 Å². The van der Waals surface area contributed by atoms with E-state index in [2.05, 4.69) is 20.8 Å². The van der Waals surface area contributed by atoms with Crippen molar-refractivity contribution in [3.8, 4) is 0 Å². The summed E-state index contributed by atoms with van der Waals surface area (Å²) >= 11 is 0. The Bertz CT molecular complexity index is 143. The van der Waals surface area contributed by atoms with Crippen LogP contribution in [0.5, 0.6) is 0 Å². The fourth-order valence-electron chi connectivity index (χ4n) is 1.51. The van der Waals surface area contributed by atoms with Crippen molar-refractivity contribution in [2.75, 3.05) is 6.54 Å². The highest BCUT2D eigenvalue weighted by atomic mass is 16.1. The van der Waals surface area contributed by atoms with Gasteiger partial charge in [-0.1, -0.05) is 33.6 Å². The van der Waals surface area contributed by atoms with Crippen LogP contribution in [0.1, 0.15) is 46.5 Å². The maximum atomic E-state index is 11.6. The summed E-state index contributed by atoms with van der Waals surface area (Å²) in [7, 11) is 0.